The summed E-state index contributed by atoms with van der Waals surface area (Å²) in [4.78, 5) is 4.70. The van der Waals surface area contributed by atoms with E-state index in [4.69, 9.17) is 9.72 Å². The average molecular weight is 325 g/mol. The van der Waals surface area contributed by atoms with Crippen molar-refractivity contribution in [3.8, 4) is 22.8 Å². The third kappa shape index (κ3) is 2.14. The largest absolute Gasteiger partial charge is 0.456 e. The molecule has 0 unspecified atom stereocenters. The number of aromatic nitrogens is 1. The number of nitrogens with zero attached hydrogens (tertiary/aromatic N) is 1. The molecule has 0 amide bonds. The van der Waals surface area contributed by atoms with Crippen LogP contribution in [0.15, 0.2) is 60.8 Å². The van der Waals surface area contributed by atoms with Crippen LogP contribution in [0, 0.1) is 0 Å². The Labute approximate surface area is 147 Å². The SMILES string of the molecule is CC(C)(C)c1cc2c3c(nccc3c1)-c1cc3ccccc3cc1O2. The molecular weight excluding hydrogens is 306 g/mol. The number of fused-ring (bicyclic) bond motifs is 3. The van der Waals surface area contributed by atoms with Gasteiger partial charge in [0.15, 0.2) is 0 Å². The van der Waals surface area contributed by atoms with Gasteiger partial charge in [-0.3, -0.25) is 4.98 Å². The molecule has 0 bridgehead atoms. The molecule has 5 rings (SSSR count). The van der Waals surface area contributed by atoms with E-state index in [9.17, 15) is 0 Å². The zero-order valence-corrected chi connectivity index (χ0v) is 14.6. The zero-order valence-electron chi connectivity index (χ0n) is 14.6. The summed E-state index contributed by atoms with van der Waals surface area (Å²) in [5.41, 5.74) is 3.43. The van der Waals surface area contributed by atoms with Crippen molar-refractivity contribution in [2.24, 2.45) is 0 Å². The molecule has 0 saturated heterocycles. The normalized spacial score (nSPS) is 12.9. The van der Waals surface area contributed by atoms with Crippen LogP contribution in [-0.4, -0.2) is 4.98 Å². The van der Waals surface area contributed by atoms with Gasteiger partial charge in [-0.1, -0.05) is 51.1 Å². The molecule has 0 N–H and O–H groups in total. The van der Waals surface area contributed by atoms with E-state index in [0.29, 0.717) is 0 Å². The van der Waals surface area contributed by atoms with Crippen molar-refractivity contribution in [2.75, 3.05) is 0 Å². The second-order valence-electron chi connectivity index (χ2n) is 7.78. The van der Waals surface area contributed by atoms with Gasteiger partial charge >= 0.3 is 0 Å². The molecule has 0 atom stereocenters. The van der Waals surface area contributed by atoms with Crippen molar-refractivity contribution in [2.45, 2.75) is 26.2 Å². The molecule has 3 aromatic carbocycles. The van der Waals surface area contributed by atoms with Gasteiger partial charge in [0.1, 0.15) is 11.5 Å². The summed E-state index contributed by atoms with van der Waals surface area (Å²) in [5.74, 6) is 1.80. The first-order valence-corrected chi connectivity index (χ1v) is 8.65. The number of hydrogen-bond acceptors (Lipinski definition) is 2. The maximum Gasteiger partial charge on any atom is 0.137 e. The standard InChI is InChI=1S/C23H19NO/c1-23(2,3)17-10-16-8-9-24-22-18-11-14-6-4-5-7-15(14)12-19(18)25-20(13-17)21(16)22/h4-13H,1-3H3. The van der Waals surface area contributed by atoms with E-state index in [1.165, 1.54) is 21.7 Å². The van der Waals surface area contributed by atoms with E-state index in [-0.39, 0.29) is 5.41 Å². The molecule has 2 heterocycles. The highest BCUT2D eigenvalue weighted by Crippen LogP contribution is 2.47. The van der Waals surface area contributed by atoms with Gasteiger partial charge in [0.05, 0.1) is 11.1 Å². The van der Waals surface area contributed by atoms with Crippen LogP contribution in [-0.2, 0) is 5.41 Å². The first kappa shape index (κ1) is 14.5. The summed E-state index contributed by atoms with van der Waals surface area (Å²) in [7, 11) is 0. The summed E-state index contributed by atoms with van der Waals surface area (Å²) >= 11 is 0. The minimum atomic E-state index is 0.0706. The maximum atomic E-state index is 6.35. The number of hydrogen-bond donors (Lipinski definition) is 0. The first-order chi connectivity index (χ1) is 12.0. The lowest BCUT2D eigenvalue weighted by Gasteiger charge is -2.25. The monoisotopic (exact) mass is 325 g/mol. The van der Waals surface area contributed by atoms with Crippen LogP contribution in [0.1, 0.15) is 26.3 Å². The zero-order chi connectivity index (χ0) is 17.2. The Morgan fingerprint density at radius 3 is 2.32 bits per heavy atom. The smallest absolute Gasteiger partial charge is 0.137 e. The van der Waals surface area contributed by atoms with Crippen molar-refractivity contribution >= 4 is 21.5 Å². The molecule has 2 nitrogen and oxygen atoms in total. The summed E-state index contributed by atoms with van der Waals surface area (Å²) in [5, 5.41) is 4.69. The third-order valence-electron chi connectivity index (χ3n) is 5.02. The second kappa shape index (κ2) is 4.82. The van der Waals surface area contributed by atoms with E-state index in [1.807, 2.05) is 6.20 Å². The average Bonchev–Trinajstić information content (AvgIpc) is 2.59. The van der Waals surface area contributed by atoms with Gasteiger partial charge in [-0.2, -0.15) is 0 Å². The van der Waals surface area contributed by atoms with Crippen molar-refractivity contribution in [1.82, 2.24) is 4.98 Å². The topological polar surface area (TPSA) is 22.1 Å². The van der Waals surface area contributed by atoms with E-state index >= 15 is 0 Å². The Kier molecular flexibility index (Phi) is 2.79. The van der Waals surface area contributed by atoms with Gasteiger partial charge in [0.25, 0.3) is 0 Å². The van der Waals surface area contributed by atoms with E-state index in [1.54, 1.807) is 0 Å². The fraction of sp³-hybridized carbons (Fsp3) is 0.174. The van der Waals surface area contributed by atoms with E-state index < -0.39 is 0 Å². The first-order valence-electron chi connectivity index (χ1n) is 8.65. The van der Waals surface area contributed by atoms with Crippen LogP contribution in [0.3, 0.4) is 0 Å². The van der Waals surface area contributed by atoms with Gasteiger partial charge < -0.3 is 4.74 Å². The highest BCUT2D eigenvalue weighted by atomic mass is 16.5. The predicted octanol–water partition coefficient (Wildman–Crippen LogP) is 6.46. The van der Waals surface area contributed by atoms with Crippen LogP contribution >= 0.6 is 0 Å². The lowest BCUT2D eigenvalue weighted by atomic mass is 9.85. The van der Waals surface area contributed by atoms with Crippen LogP contribution < -0.4 is 4.74 Å². The molecule has 0 aliphatic carbocycles. The predicted molar refractivity (Wildman–Crippen MR) is 103 cm³/mol. The Bertz CT molecular complexity index is 1150. The lowest BCUT2D eigenvalue weighted by Crippen LogP contribution is -2.12. The number of rotatable bonds is 0. The summed E-state index contributed by atoms with van der Waals surface area (Å²) in [6.45, 7) is 6.69. The van der Waals surface area contributed by atoms with Gasteiger partial charge in [-0.15, -0.1) is 0 Å². The Morgan fingerprint density at radius 2 is 1.56 bits per heavy atom. The van der Waals surface area contributed by atoms with Crippen molar-refractivity contribution in [3.63, 3.8) is 0 Å². The number of ether oxygens (including phenoxy) is 1. The fourth-order valence-electron chi connectivity index (χ4n) is 3.60. The number of benzene rings is 3. The molecule has 25 heavy (non-hydrogen) atoms. The Hall–Kier alpha value is -2.87. The highest BCUT2D eigenvalue weighted by molar-refractivity contribution is 6.04. The van der Waals surface area contributed by atoms with E-state index in [2.05, 4.69) is 75.4 Å². The summed E-state index contributed by atoms with van der Waals surface area (Å²) in [6.07, 6.45) is 1.90. The van der Waals surface area contributed by atoms with Crippen molar-refractivity contribution in [3.05, 3.63) is 66.4 Å². The van der Waals surface area contributed by atoms with E-state index in [0.717, 1.165) is 28.1 Å². The Morgan fingerprint density at radius 1 is 0.800 bits per heavy atom. The highest BCUT2D eigenvalue weighted by Gasteiger charge is 2.24. The quantitative estimate of drug-likeness (QED) is 0.326. The van der Waals surface area contributed by atoms with Gasteiger partial charge in [-0.25, -0.2) is 0 Å². The van der Waals surface area contributed by atoms with Crippen LogP contribution in [0.4, 0.5) is 0 Å². The van der Waals surface area contributed by atoms with Crippen LogP contribution in [0.2, 0.25) is 0 Å². The molecule has 122 valence electrons. The van der Waals surface area contributed by atoms with Crippen molar-refractivity contribution in [1.29, 1.82) is 0 Å². The molecule has 2 heteroatoms. The maximum absolute atomic E-state index is 6.35. The Balaban J connectivity index is 1.86. The molecule has 1 aliphatic rings. The fourth-order valence-corrected chi connectivity index (χ4v) is 3.60. The molecule has 4 aromatic rings. The molecule has 0 radical (unpaired) electrons. The summed E-state index contributed by atoms with van der Waals surface area (Å²) < 4.78 is 6.35. The minimum absolute atomic E-state index is 0.0706. The third-order valence-corrected chi connectivity index (χ3v) is 5.02. The second-order valence-corrected chi connectivity index (χ2v) is 7.78. The van der Waals surface area contributed by atoms with Crippen molar-refractivity contribution < 1.29 is 4.74 Å². The van der Waals surface area contributed by atoms with Gasteiger partial charge in [0, 0.05) is 11.8 Å². The minimum Gasteiger partial charge on any atom is -0.456 e. The molecule has 1 aliphatic heterocycles. The molecular formula is C23H19NO. The van der Waals surface area contributed by atoms with Crippen LogP contribution in [0.5, 0.6) is 11.5 Å². The van der Waals surface area contributed by atoms with Gasteiger partial charge in [-0.05, 0) is 51.4 Å². The molecule has 0 fully saturated rings. The molecule has 0 saturated carbocycles. The molecule has 1 aromatic heterocycles. The summed E-state index contributed by atoms with van der Waals surface area (Å²) in [6, 6.07) is 19.2. The van der Waals surface area contributed by atoms with Gasteiger partial charge in [0.2, 0.25) is 0 Å². The van der Waals surface area contributed by atoms with Crippen LogP contribution in [0.25, 0.3) is 32.8 Å². The molecule has 0 spiro atoms. The number of pyridine rings is 1. The lowest BCUT2D eigenvalue weighted by molar-refractivity contribution is 0.483.